The second-order valence-electron chi connectivity index (χ2n) is 3.95. The molecule has 1 atom stereocenters. The van der Waals surface area contributed by atoms with E-state index < -0.39 is 4.92 Å². The molecule has 1 fully saturated rings. The molecule has 1 amide bonds. The summed E-state index contributed by atoms with van der Waals surface area (Å²) in [5, 5.41) is 25.2. The largest absolute Gasteiger partial charge is 0.380 e. The van der Waals surface area contributed by atoms with Gasteiger partial charge in [0.1, 0.15) is 11.6 Å². The summed E-state index contributed by atoms with van der Waals surface area (Å²) in [5.41, 5.74) is 0.313. The van der Waals surface area contributed by atoms with E-state index in [1.54, 1.807) is 12.1 Å². The van der Waals surface area contributed by atoms with Crippen molar-refractivity contribution >= 4 is 17.3 Å². The predicted molar refractivity (Wildman–Crippen MR) is 62.8 cm³/mol. The molecular weight excluding hydrogens is 236 g/mol. The van der Waals surface area contributed by atoms with Crippen LogP contribution in [-0.4, -0.2) is 23.4 Å². The Hall–Kier alpha value is -2.62. The number of amides is 1. The van der Waals surface area contributed by atoms with Crippen molar-refractivity contribution in [1.29, 1.82) is 5.26 Å². The fraction of sp³-hybridized carbons (Fsp3) is 0.273. The topological polar surface area (TPSA) is 108 Å². The van der Waals surface area contributed by atoms with E-state index in [2.05, 4.69) is 10.6 Å². The Morgan fingerprint density at radius 2 is 2.33 bits per heavy atom. The number of nitriles is 1. The van der Waals surface area contributed by atoms with E-state index in [4.69, 9.17) is 5.26 Å². The molecule has 7 heteroatoms. The van der Waals surface area contributed by atoms with Gasteiger partial charge in [0, 0.05) is 24.7 Å². The van der Waals surface area contributed by atoms with Crippen LogP contribution in [0.1, 0.15) is 12.0 Å². The number of anilines is 1. The van der Waals surface area contributed by atoms with Crippen LogP contribution in [-0.2, 0) is 4.79 Å². The lowest BCUT2D eigenvalue weighted by atomic mass is 10.1. The second-order valence-corrected chi connectivity index (χ2v) is 3.95. The van der Waals surface area contributed by atoms with Gasteiger partial charge in [0.15, 0.2) is 0 Å². The molecule has 0 radical (unpaired) electrons. The Balaban J connectivity index is 2.20. The molecule has 1 saturated heterocycles. The van der Waals surface area contributed by atoms with E-state index in [1.807, 2.05) is 0 Å². The van der Waals surface area contributed by atoms with Crippen molar-refractivity contribution in [2.24, 2.45) is 0 Å². The van der Waals surface area contributed by atoms with Crippen molar-refractivity contribution in [3.05, 3.63) is 33.9 Å². The summed E-state index contributed by atoms with van der Waals surface area (Å²) in [4.78, 5) is 21.2. The number of benzene rings is 1. The van der Waals surface area contributed by atoms with Crippen molar-refractivity contribution in [2.45, 2.75) is 12.5 Å². The maximum atomic E-state index is 11.0. The third-order valence-electron chi connectivity index (χ3n) is 2.66. The summed E-state index contributed by atoms with van der Waals surface area (Å²) in [6.07, 6.45) is 0.341. The van der Waals surface area contributed by atoms with Crippen LogP contribution in [0.2, 0.25) is 0 Å². The van der Waals surface area contributed by atoms with Crippen molar-refractivity contribution < 1.29 is 9.72 Å². The number of carbonyl (C=O) groups is 1. The molecule has 7 nitrogen and oxygen atoms in total. The van der Waals surface area contributed by atoms with E-state index in [0.717, 1.165) is 0 Å². The fourth-order valence-electron chi connectivity index (χ4n) is 1.81. The summed E-state index contributed by atoms with van der Waals surface area (Å²) in [6.45, 7) is 0.493. The number of nitrogens with one attached hydrogen (secondary N) is 2. The minimum absolute atomic E-state index is 0.0196. The van der Waals surface area contributed by atoms with Crippen LogP contribution in [0.4, 0.5) is 11.4 Å². The molecule has 1 aliphatic rings. The average Bonchev–Trinajstić information content (AvgIpc) is 2.74. The highest BCUT2D eigenvalue weighted by Gasteiger charge is 2.22. The summed E-state index contributed by atoms with van der Waals surface area (Å²) < 4.78 is 0. The highest BCUT2D eigenvalue weighted by Crippen LogP contribution is 2.23. The van der Waals surface area contributed by atoms with E-state index in [0.29, 0.717) is 18.7 Å². The maximum absolute atomic E-state index is 11.0. The normalized spacial score (nSPS) is 17.9. The zero-order valence-electron chi connectivity index (χ0n) is 9.34. The van der Waals surface area contributed by atoms with Crippen LogP contribution in [0.15, 0.2) is 18.2 Å². The molecule has 0 bridgehead atoms. The van der Waals surface area contributed by atoms with Gasteiger partial charge in [-0.15, -0.1) is 0 Å². The van der Waals surface area contributed by atoms with Crippen LogP contribution in [0.5, 0.6) is 0 Å². The smallest absolute Gasteiger partial charge is 0.289 e. The maximum Gasteiger partial charge on any atom is 0.289 e. The highest BCUT2D eigenvalue weighted by atomic mass is 16.6. The number of rotatable bonds is 3. The number of hydrogen-bond acceptors (Lipinski definition) is 5. The van der Waals surface area contributed by atoms with E-state index >= 15 is 0 Å². The van der Waals surface area contributed by atoms with Crippen LogP contribution in [0.25, 0.3) is 0 Å². The Bertz CT molecular complexity index is 550. The zero-order valence-corrected chi connectivity index (χ0v) is 9.34. The molecule has 0 aromatic heterocycles. The van der Waals surface area contributed by atoms with Gasteiger partial charge in [-0.25, -0.2) is 0 Å². The Morgan fingerprint density at radius 3 is 2.89 bits per heavy atom. The number of hydrogen-bond donors (Lipinski definition) is 2. The standard InChI is InChI=1S/C11H10N4O3/c12-5-7-1-2-8(3-10(7)15(17)18)14-9-4-11(16)13-6-9/h1-3,9,14H,4,6H2,(H,13,16). The lowest BCUT2D eigenvalue weighted by molar-refractivity contribution is -0.385. The predicted octanol–water partition coefficient (Wildman–Crippen LogP) is 0.767. The third kappa shape index (κ3) is 2.38. The van der Waals surface area contributed by atoms with Crippen LogP contribution >= 0.6 is 0 Å². The lowest BCUT2D eigenvalue weighted by Crippen LogP contribution is -2.22. The molecule has 1 unspecified atom stereocenters. The molecule has 0 aliphatic carbocycles. The van der Waals surface area contributed by atoms with Gasteiger partial charge in [-0.1, -0.05) is 0 Å². The minimum atomic E-state index is -0.595. The van der Waals surface area contributed by atoms with Crippen molar-refractivity contribution in [1.82, 2.24) is 5.32 Å². The molecule has 1 aromatic carbocycles. The molecule has 0 saturated carbocycles. The molecule has 1 aliphatic heterocycles. The first kappa shape index (κ1) is 11.9. The SMILES string of the molecule is N#Cc1ccc(NC2CNC(=O)C2)cc1[N+](=O)[O-]. The van der Waals surface area contributed by atoms with Gasteiger partial charge >= 0.3 is 0 Å². The molecule has 92 valence electrons. The van der Waals surface area contributed by atoms with Gasteiger partial charge in [0.05, 0.1) is 11.0 Å². The number of carbonyl (C=O) groups excluding carboxylic acids is 1. The van der Waals surface area contributed by atoms with Crippen LogP contribution in [0, 0.1) is 21.4 Å². The highest BCUT2D eigenvalue weighted by molar-refractivity contribution is 5.79. The molecule has 2 rings (SSSR count). The summed E-state index contributed by atoms with van der Waals surface area (Å²) in [6, 6.07) is 5.98. The average molecular weight is 246 g/mol. The van der Waals surface area contributed by atoms with E-state index in [9.17, 15) is 14.9 Å². The number of nitrogens with zero attached hydrogens (tertiary/aromatic N) is 2. The van der Waals surface area contributed by atoms with E-state index in [-0.39, 0.29) is 23.2 Å². The molecule has 1 heterocycles. The summed E-state index contributed by atoms with van der Waals surface area (Å²) in [7, 11) is 0. The van der Waals surface area contributed by atoms with E-state index in [1.165, 1.54) is 12.1 Å². The van der Waals surface area contributed by atoms with Gasteiger partial charge in [-0.05, 0) is 12.1 Å². The number of nitro groups is 1. The quantitative estimate of drug-likeness (QED) is 0.604. The minimum Gasteiger partial charge on any atom is -0.380 e. The summed E-state index contributed by atoms with van der Waals surface area (Å²) in [5.74, 6) is -0.0457. The molecule has 18 heavy (non-hydrogen) atoms. The van der Waals surface area contributed by atoms with Crippen molar-refractivity contribution in [2.75, 3.05) is 11.9 Å². The molecule has 0 spiro atoms. The van der Waals surface area contributed by atoms with Gasteiger partial charge in [0.25, 0.3) is 5.69 Å². The molecule has 1 aromatic rings. The second kappa shape index (κ2) is 4.71. The molecule has 2 N–H and O–H groups in total. The van der Waals surface area contributed by atoms with Crippen LogP contribution < -0.4 is 10.6 Å². The van der Waals surface area contributed by atoms with Gasteiger partial charge in [0.2, 0.25) is 5.91 Å². The fourth-order valence-corrected chi connectivity index (χ4v) is 1.81. The summed E-state index contributed by atoms with van der Waals surface area (Å²) >= 11 is 0. The first-order valence-electron chi connectivity index (χ1n) is 5.32. The Morgan fingerprint density at radius 1 is 1.56 bits per heavy atom. The zero-order chi connectivity index (χ0) is 13.1. The van der Waals surface area contributed by atoms with Crippen molar-refractivity contribution in [3.63, 3.8) is 0 Å². The monoisotopic (exact) mass is 246 g/mol. The Kier molecular flexibility index (Phi) is 3.10. The lowest BCUT2D eigenvalue weighted by Gasteiger charge is -2.11. The van der Waals surface area contributed by atoms with Crippen molar-refractivity contribution in [3.8, 4) is 6.07 Å². The first-order chi connectivity index (χ1) is 8.60. The Labute approximate surface area is 103 Å². The first-order valence-corrected chi connectivity index (χ1v) is 5.32. The van der Waals surface area contributed by atoms with Gasteiger partial charge < -0.3 is 10.6 Å². The third-order valence-corrected chi connectivity index (χ3v) is 2.66. The van der Waals surface area contributed by atoms with Gasteiger partial charge in [-0.2, -0.15) is 5.26 Å². The van der Waals surface area contributed by atoms with Gasteiger partial charge in [-0.3, -0.25) is 14.9 Å². The van der Waals surface area contributed by atoms with Crippen LogP contribution in [0.3, 0.4) is 0 Å². The molecular formula is C11H10N4O3. The number of nitro benzene ring substituents is 1.